The highest BCUT2D eigenvalue weighted by atomic mass is 19.1. The van der Waals surface area contributed by atoms with E-state index in [0.717, 1.165) is 13.1 Å². The van der Waals surface area contributed by atoms with Gasteiger partial charge in [-0.05, 0) is 55.8 Å². The van der Waals surface area contributed by atoms with Gasteiger partial charge in [0.05, 0.1) is 22.9 Å². The second-order valence-corrected chi connectivity index (χ2v) is 8.19. The average molecular weight is 449 g/mol. The van der Waals surface area contributed by atoms with Crippen LogP contribution >= 0.6 is 0 Å². The Hall–Kier alpha value is -3.77. The Balaban J connectivity index is 1.56. The second kappa shape index (κ2) is 9.00. The van der Waals surface area contributed by atoms with Crippen LogP contribution in [0, 0.1) is 24.1 Å². The van der Waals surface area contributed by atoms with Gasteiger partial charge in [0.25, 0.3) is 5.91 Å². The Morgan fingerprint density at radius 3 is 2.70 bits per heavy atom. The molecule has 9 heteroatoms. The molecule has 170 valence electrons. The topological polar surface area (TPSA) is 98.3 Å². The SMILES string of the molecule is CCN1CCN(C(=O)c2ccc(-n3ncc(-c4cc(F)c(C#N)cc4C)c3O)nc2)C[C@@H]1C. The van der Waals surface area contributed by atoms with Crippen molar-refractivity contribution in [2.75, 3.05) is 26.2 Å². The van der Waals surface area contributed by atoms with E-state index in [4.69, 9.17) is 5.26 Å². The number of carbonyl (C=O) groups excluding carboxylic acids is 1. The summed E-state index contributed by atoms with van der Waals surface area (Å²) in [4.78, 5) is 21.4. The van der Waals surface area contributed by atoms with E-state index >= 15 is 0 Å². The lowest BCUT2D eigenvalue weighted by atomic mass is 10.0. The van der Waals surface area contributed by atoms with Crippen LogP contribution in [0.2, 0.25) is 0 Å². The molecule has 8 nitrogen and oxygen atoms in total. The van der Waals surface area contributed by atoms with Crippen molar-refractivity contribution >= 4 is 5.91 Å². The molecule has 33 heavy (non-hydrogen) atoms. The first-order valence-electron chi connectivity index (χ1n) is 10.8. The molecule has 0 unspecified atom stereocenters. The third-order valence-electron chi connectivity index (χ3n) is 6.14. The average Bonchev–Trinajstić information content (AvgIpc) is 3.20. The number of benzene rings is 1. The summed E-state index contributed by atoms with van der Waals surface area (Å²) in [6, 6.07) is 8.02. The quantitative estimate of drug-likeness (QED) is 0.659. The van der Waals surface area contributed by atoms with Gasteiger partial charge in [0.15, 0.2) is 5.82 Å². The summed E-state index contributed by atoms with van der Waals surface area (Å²) in [7, 11) is 0. The Morgan fingerprint density at radius 2 is 2.06 bits per heavy atom. The number of halogens is 1. The number of amides is 1. The van der Waals surface area contributed by atoms with Crippen molar-refractivity contribution in [1.82, 2.24) is 24.6 Å². The maximum absolute atomic E-state index is 14.1. The summed E-state index contributed by atoms with van der Waals surface area (Å²) >= 11 is 0. The summed E-state index contributed by atoms with van der Waals surface area (Å²) in [5, 5.41) is 23.9. The molecule has 1 aromatic carbocycles. The first-order chi connectivity index (χ1) is 15.8. The Morgan fingerprint density at radius 1 is 1.27 bits per heavy atom. The molecule has 0 spiro atoms. The highest BCUT2D eigenvalue weighted by molar-refractivity contribution is 5.94. The molecule has 1 amide bonds. The molecule has 0 aliphatic carbocycles. The number of carbonyl (C=O) groups is 1. The van der Waals surface area contributed by atoms with Crippen LogP contribution in [0.1, 0.15) is 35.3 Å². The fraction of sp³-hybridized carbons (Fsp3) is 0.333. The Labute approximate surface area is 191 Å². The summed E-state index contributed by atoms with van der Waals surface area (Å²) in [6.07, 6.45) is 2.89. The number of rotatable bonds is 4. The van der Waals surface area contributed by atoms with Gasteiger partial charge in [-0.2, -0.15) is 15.0 Å². The number of piperazine rings is 1. The van der Waals surface area contributed by atoms with Gasteiger partial charge in [0.2, 0.25) is 5.88 Å². The number of nitriles is 1. The summed E-state index contributed by atoms with van der Waals surface area (Å²) in [5.41, 5.74) is 1.79. The minimum atomic E-state index is -0.666. The van der Waals surface area contributed by atoms with Crippen molar-refractivity contribution in [1.29, 1.82) is 5.26 Å². The monoisotopic (exact) mass is 448 g/mol. The maximum Gasteiger partial charge on any atom is 0.255 e. The summed E-state index contributed by atoms with van der Waals surface area (Å²) in [6.45, 7) is 9.10. The number of aromatic nitrogens is 3. The van der Waals surface area contributed by atoms with Crippen LogP contribution in [0.25, 0.3) is 16.9 Å². The summed E-state index contributed by atoms with van der Waals surface area (Å²) in [5.74, 6) is -0.629. The van der Waals surface area contributed by atoms with Crippen LogP contribution in [-0.2, 0) is 0 Å². The van der Waals surface area contributed by atoms with Gasteiger partial charge in [-0.1, -0.05) is 6.92 Å². The number of aryl methyl sites for hydroxylation is 1. The van der Waals surface area contributed by atoms with Gasteiger partial charge in [0, 0.05) is 31.9 Å². The lowest BCUT2D eigenvalue weighted by molar-refractivity contribution is 0.0528. The van der Waals surface area contributed by atoms with Gasteiger partial charge in [-0.25, -0.2) is 9.37 Å². The Kier molecular flexibility index (Phi) is 6.11. The first kappa shape index (κ1) is 22.4. The fourth-order valence-electron chi connectivity index (χ4n) is 4.23. The highest BCUT2D eigenvalue weighted by Crippen LogP contribution is 2.34. The van der Waals surface area contributed by atoms with Crippen LogP contribution < -0.4 is 0 Å². The zero-order valence-corrected chi connectivity index (χ0v) is 18.8. The molecule has 1 atom stereocenters. The number of pyridine rings is 1. The van der Waals surface area contributed by atoms with Crippen LogP contribution in [0.15, 0.2) is 36.7 Å². The number of aromatic hydroxyl groups is 1. The molecular formula is C24H25FN6O2. The van der Waals surface area contributed by atoms with E-state index in [9.17, 15) is 14.3 Å². The van der Waals surface area contributed by atoms with E-state index in [2.05, 4.69) is 28.8 Å². The highest BCUT2D eigenvalue weighted by Gasteiger charge is 2.26. The number of nitrogens with zero attached hydrogens (tertiary/aromatic N) is 6. The van der Waals surface area contributed by atoms with E-state index < -0.39 is 5.82 Å². The molecule has 3 heterocycles. The normalized spacial score (nSPS) is 16.6. The Bertz CT molecular complexity index is 1230. The van der Waals surface area contributed by atoms with Crippen molar-refractivity contribution in [2.45, 2.75) is 26.8 Å². The maximum atomic E-state index is 14.1. The van der Waals surface area contributed by atoms with Gasteiger partial charge in [-0.15, -0.1) is 0 Å². The minimum Gasteiger partial charge on any atom is -0.493 e. The van der Waals surface area contributed by atoms with E-state index in [0.29, 0.717) is 47.2 Å². The van der Waals surface area contributed by atoms with E-state index in [1.54, 1.807) is 25.1 Å². The molecule has 2 aromatic heterocycles. The number of hydrogen-bond donors (Lipinski definition) is 1. The molecule has 1 aliphatic heterocycles. The van der Waals surface area contributed by atoms with Crippen molar-refractivity contribution in [3.05, 3.63) is 59.2 Å². The van der Waals surface area contributed by atoms with Crippen LogP contribution in [0.3, 0.4) is 0 Å². The van der Waals surface area contributed by atoms with Gasteiger partial charge in [-0.3, -0.25) is 9.69 Å². The lowest BCUT2D eigenvalue weighted by Gasteiger charge is -2.39. The zero-order valence-electron chi connectivity index (χ0n) is 18.8. The van der Waals surface area contributed by atoms with Crippen molar-refractivity contribution in [3.63, 3.8) is 0 Å². The molecule has 1 saturated heterocycles. The summed E-state index contributed by atoms with van der Waals surface area (Å²) < 4.78 is 15.4. The number of hydrogen-bond acceptors (Lipinski definition) is 6. The predicted molar refractivity (Wildman–Crippen MR) is 120 cm³/mol. The fourth-order valence-corrected chi connectivity index (χ4v) is 4.23. The zero-order chi connectivity index (χ0) is 23.7. The van der Waals surface area contributed by atoms with Crippen LogP contribution in [0.5, 0.6) is 5.88 Å². The van der Waals surface area contributed by atoms with Gasteiger partial charge < -0.3 is 10.0 Å². The molecule has 0 saturated carbocycles. The largest absolute Gasteiger partial charge is 0.493 e. The molecular weight excluding hydrogens is 423 g/mol. The number of likely N-dealkylation sites (N-methyl/N-ethyl adjacent to an activating group) is 1. The standard InChI is InChI=1S/C24H25FN6O2/c1-4-29-7-8-30(14-16(29)3)23(32)17-5-6-22(27-12-17)31-24(33)20(13-28-31)19-10-21(25)18(11-26)9-15(19)2/h5-6,9-10,12-13,16,33H,4,7-8,14H2,1-3H3/t16-/m0/s1. The molecule has 1 aliphatic rings. The molecule has 3 aromatic rings. The van der Waals surface area contributed by atoms with E-state index in [-0.39, 0.29) is 17.4 Å². The molecule has 1 fully saturated rings. The van der Waals surface area contributed by atoms with Crippen molar-refractivity contribution < 1.29 is 14.3 Å². The smallest absolute Gasteiger partial charge is 0.255 e. The van der Waals surface area contributed by atoms with Gasteiger partial charge >= 0.3 is 0 Å². The van der Waals surface area contributed by atoms with Gasteiger partial charge in [0.1, 0.15) is 11.9 Å². The third kappa shape index (κ3) is 4.17. The molecule has 0 bridgehead atoms. The van der Waals surface area contributed by atoms with Crippen LogP contribution in [0.4, 0.5) is 4.39 Å². The second-order valence-electron chi connectivity index (χ2n) is 8.19. The predicted octanol–water partition coefficient (Wildman–Crippen LogP) is 3.13. The van der Waals surface area contributed by atoms with E-state index in [1.165, 1.54) is 29.2 Å². The third-order valence-corrected chi connectivity index (χ3v) is 6.14. The minimum absolute atomic E-state index is 0.0597. The van der Waals surface area contributed by atoms with Crippen molar-refractivity contribution in [2.24, 2.45) is 0 Å². The molecule has 4 rings (SSSR count). The lowest BCUT2D eigenvalue weighted by Crippen LogP contribution is -2.53. The van der Waals surface area contributed by atoms with Crippen LogP contribution in [-0.4, -0.2) is 67.8 Å². The van der Waals surface area contributed by atoms with E-state index in [1.807, 2.05) is 4.90 Å². The molecule has 1 N–H and O–H groups in total. The first-order valence-corrected chi connectivity index (χ1v) is 10.8. The molecule has 0 radical (unpaired) electrons. The van der Waals surface area contributed by atoms with Crippen molar-refractivity contribution in [3.8, 4) is 28.9 Å².